The summed E-state index contributed by atoms with van der Waals surface area (Å²) in [6.07, 6.45) is 0.821. The van der Waals surface area contributed by atoms with Crippen LogP contribution in [0.25, 0.3) is 0 Å². The number of hydrogen-bond donors (Lipinski definition) is 1. The van der Waals surface area contributed by atoms with E-state index < -0.39 is 0 Å². The Balaban J connectivity index is 2.49. The second-order valence-corrected chi connectivity index (χ2v) is 3.94. The molecule has 3 nitrogen and oxygen atoms in total. The second kappa shape index (κ2) is 4.03. The van der Waals surface area contributed by atoms with E-state index in [4.69, 9.17) is 4.74 Å². The van der Waals surface area contributed by atoms with Gasteiger partial charge in [-0.3, -0.25) is 4.79 Å². The lowest BCUT2D eigenvalue weighted by molar-refractivity contribution is 0.0923. The molecule has 2 rings (SSSR count). The van der Waals surface area contributed by atoms with Crippen LogP contribution in [0, 0.1) is 5.92 Å². The number of ether oxygens (including phenoxy) is 1. The van der Waals surface area contributed by atoms with Crippen LogP contribution in [0.4, 0.5) is 0 Å². The van der Waals surface area contributed by atoms with Gasteiger partial charge in [-0.05, 0) is 18.4 Å². The van der Waals surface area contributed by atoms with Gasteiger partial charge in [0.1, 0.15) is 0 Å². The van der Waals surface area contributed by atoms with Gasteiger partial charge in [0.05, 0.1) is 6.10 Å². The molecule has 2 atom stereocenters. The summed E-state index contributed by atoms with van der Waals surface area (Å²) in [5.74, 6) is 0.163. The van der Waals surface area contributed by atoms with Gasteiger partial charge in [-0.2, -0.15) is 0 Å². The monoisotopic (exact) mass is 206 g/mol. The van der Waals surface area contributed by atoms with Crippen LogP contribution in [0.1, 0.15) is 25.0 Å². The van der Waals surface area contributed by atoms with Crippen molar-refractivity contribution < 1.29 is 9.84 Å². The molecular formula is C12H14O3. The van der Waals surface area contributed by atoms with Crippen molar-refractivity contribution in [2.24, 2.45) is 5.92 Å². The summed E-state index contributed by atoms with van der Waals surface area (Å²) < 4.78 is 5.53. The minimum Gasteiger partial charge on any atom is -0.504 e. The molecule has 1 aromatic rings. The highest BCUT2D eigenvalue weighted by atomic mass is 16.5. The molecule has 80 valence electrons. The van der Waals surface area contributed by atoms with Gasteiger partial charge in [0.15, 0.2) is 5.75 Å². The molecular weight excluding hydrogens is 192 g/mol. The van der Waals surface area contributed by atoms with E-state index in [1.165, 1.54) is 6.07 Å². The van der Waals surface area contributed by atoms with Gasteiger partial charge in [0.25, 0.3) is 0 Å². The van der Waals surface area contributed by atoms with Crippen LogP contribution in [0.3, 0.4) is 0 Å². The third-order valence-electron chi connectivity index (χ3n) is 2.84. The maximum Gasteiger partial charge on any atom is 0.220 e. The highest BCUT2D eigenvalue weighted by molar-refractivity contribution is 5.33. The highest BCUT2D eigenvalue weighted by Crippen LogP contribution is 2.36. The fourth-order valence-electron chi connectivity index (χ4n) is 1.92. The average molecular weight is 206 g/mol. The van der Waals surface area contributed by atoms with Gasteiger partial charge in [-0.25, -0.2) is 0 Å². The quantitative estimate of drug-likeness (QED) is 0.762. The van der Waals surface area contributed by atoms with Gasteiger partial charge in [0.2, 0.25) is 5.43 Å². The molecule has 1 heterocycles. The van der Waals surface area contributed by atoms with E-state index in [0.29, 0.717) is 18.1 Å². The number of hydrogen-bond acceptors (Lipinski definition) is 3. The summed E-state index contributed by atoms with van der Waals surface area (Å²) in [5.41, 5.74) is 0.257. The fraction of sp³-hybridized carbons (Fsp3) is 0.417. The summed E-state index contributed by atoms with van der Waals surface area (Å²) in [6.45, 7) is 2.76. The minimum atomic E-state index is -0.349. The molecule has 0 saturated carbocycles. The molecule has 0 amide bonds. The van der Waals surface area contributed by atoms with Crippen molar-refractivity contribution in [3.05, 3.63) is 40.1 Å². The lowest BCUT2D eigenvalue weighted by Gasteiger charge is -2.14. The van der Waals surface area contributed by atoms with Crippen LogP contribution in [0.2, 0.25) is 0 Å². The molecule has 3 heteroatoms. The SMILES string of the molecule is CC1CCOC1c1ccccc(=O)c1O. The molecule has 1 fully saturated rings. The van der Waals surface area contributed by atoms with Gasteiger partial charge in [0, 0.05) is 12.2 Å². The third-order valence-corrected chi connectivity index (χ3v) is 2.84. The minimum absolute atomic E-state index is 0.148. The van der Waals surface area contributed by atoms with Crippen LogP contribution in [-0.4, -0.2) is 11.7 Å². The van der Waals surface area contributed by atoms with Crippen molar-refractivity contribution in [1.82, 2.24) is 0 Å². The van der Waals surface area contributed by atoms with E-state index in [-0.39, 0.29) is 17.3 Å². The molecule has 2 unspecified atom stereocenters. The van der Waals surface area contributed by atoms with Crippen LogP contribution in [-0.2, 0) is 4.74 Å². The number of aromatic hydroxyl groups is 1. The van der Waals surface area contributed by atoms with Crippen LogP contribution < -0.4 is 5.43 Å². The zero-order valence-corrected chi connectivity index (χ0v) is 8.64. The first-order valence-corrected chi connectivity index (χ1v) is 5.14. The predicted molar refractivity (Wildman–Crippen MR) is 56.9 cm³/mol. The van der Waals surface area contributed by atoms with E-state index in [2.05, 4.69) is 6.92 Å². The first-order chi connectivity index (χ1) is 7.20. The van der Waals surface area contributed by atoms with Crippen LogP contribution in [0.5, 0.6) is 5.75 Å². The molecule has 0 radical (unpaired) electrons. The summed E-state index contributed by atoms with van der Waals surface area (Å²) in [6, 6.07) is 6.50. The van der Waals surface area contributed by atoms with Crippen LogP contribution in [0.15, 0.2) is 29.1 Å². The Morgan fingerprint density at radius 2 is 2.13 bits per heavy atom. The molecule has 1 aliphatic rings. The van der Waals surface area contributed by atoms with Crippen molar-refractivity contribution in [1.29, 1.82) is 0 Å². The largest absolute Gasteiger partial charge is 0.504 e. The standard InChI is InChI=1S/C12H14O3/c1-8-6-7-15-12(8)9-4-2-3-5-10(13)11(9)14/h2-5,8,12H,6-7H2,1H3,(H,13,14). The molecule has 1 N–H and O–H groups in total. The van der Waals surface area contributed by atoms with Crippen molar-refractivity contribution in [3.8, 4) is 5.75 Å². The summed E-state index contributed by atoms with van der Waals surface area (Å²) in [7, 11) is 0. The van der Waals surface area contributed by atoms with Crippen molar-refractivity contribution in [2.75, 3.05) is 6.61 Å². The molecule has 0 aliphatic carbocycles. The Kier molecular flexibility index (Phi) is 2.73. The average Bonchev–Trinajstić information content (AvgIpc) is 2.56. The molecule has 15 heavy (non-hydrogen) atoms. The normalized spacial score (nSPS) is 25.4. The second-order valence-electron chi connectivity index (χ2n) is 3.94. The van der Waals surface area contributed by atoms with Crippen molar-refractivity contribution in [2.45, 2.75) is 19.4 Å². The zero-order valence-electron chi connectivity index (χ0n) is 8.64. The highest BCUT2D eigenvalue weighted by Gasteiger charge is 2.28. The molecule has 1 saturated heterocycles. The Hall–Kier alpha value is -1.35. The topological polar surface area (TPSA) is 46.5 Å². The summed E-state index contributed by atoms with van der Waals surface area (Å²) in [4.78, 5) is 11.4. The van der Waals surface area contributed by atoms with E-state index in [0.717, 1.165) is 6.42 Å². The summed E-state index contributed by atoms with van der Waals surface area (Å²) >= 11 is 0. The Morgan fingerprint density at radius 3 is 2.80 bits per heavy atom. The van der Waals surface area contributed by atoms with Gasteiger partial charge < -0.3 is 9.84 Å². The van der Waals surface area contributed by atoms with Crippen molar-refractivity contribution in [3.63, 3.8) is 0 Å². The first-order valence-electron chi connectivity index (χ1n) is 5.14. The Labute approximate surface area is 88.3 Å². The zero-order chi connectivity index (χ0) is 10.8. The molecule has 1 aromatic carbocycles. The lowest BCUT2D eigenvalue weighted by atomic mass is 9.98. The Bertz CT molecular complexity index is 414. The fourth-order valence-corrected chi connectivity index (χ4v) is 1.92. The maximum atomic E-state index is 11.4. The molecule has 0 aromatic heterocycles. The van der Waals surface area contributed by atoms with Gasteiger partial charge in [-0.15, -0.1) is 0 Å². The molecule has 0 bridgehead atoms. The van der Waals surface area contributed by atoms with Gasteiger partial charge in [-0.1, -0.05) is 25.1 Å². The molecule has 1 aliphatic heterocycles. The smallest absolute Gasteiger partial charge is 0.220 e. The third kappa shape index (κ3) is 1.88. The Morgan fingerprint density at radius 1 is 1.40 bits per heavy atom. The molecule has 0 spiro atoms. The lowest BCUT2D eigenvalue weighted by Crippen LogP contribution is -2.06. The van der Waals surface area contributed by atoms with E-state index in [1.54, 1.807) is 18.2 Å². The maximum absolute atomic E-state index is 11.4. The van der Waals surface area contributed by atoms with E-state index in [1.807, 2.05) is 0 Å². The first kappa shape index (κ1) is 10.2. The number of rotatable bonds is 1. The van der Waals surface area contributed by atoms with E-state index in [9.17, 15) is 9.90 Å². The van der Waals surface area contributed by atoms with Crippen molar-refractivity contribution >= 4 is 0 Å². The summed E-state index contributed by atoms with van der Waals surface area (Å²) in [5, 5.41) is 9.74. The predicted octanol–water partition coefficient (Wildman–Crippen LogP) is 1.85. The van der Waals surface area contributed by atoms with E-state index >= 15 is 0 Å². The van der Waals surface area contributed by atoms with Gasteiger partial charge >= 0.3 is 0 Å². The van der Waals surface area contributed by atoms with Crippen LogP contribution >= 0.6 is 0 Å².